The van der Waals surface area contributed by atoms with Gasteiger partial charge in [-0.3, -0.25) is 9.59 Å². The minimum absolute atomic E-state index is 0.216. The zero-order valence-electron chi connectivity index (χ0n) is 16.8. The highest BCUT2D eigenvalue weighted by molar-refractivity contribution is 6.46. The van der Waals surface area contributed by atoms with E-state index in [2.05, 4.69) is 0 Å². The van der Waals surface area contributed by atoms with Gasteiger partial charge in [-0.2, -0.15) is 0 Å². The second kappa shape index (κ2) is 7.95. The number of aryl methyl sites for hydroxylation is 1. The van der Waals surface area contributed by atoms with Crippen molar-refractivity contribution in [2.75, 3.05) is 16.3 Å². The summed E-state index contributed by atoms with van der Waals surface area (Å²) in [6.07, 6.45) is 0. The molecule has 0 bridgehead atoms. The lowest BCUT2D eigenvalue weighted by atomic mass is 10.0. The van der Waals surface area contributed by atoms with Crippen molar-refractivity contribution >= 4 is 28.8 Å². The Kier molecular flexibility index (Phi) is 5.19. The number of carbonyl (C=O) groups is 2. The van der Waals surface area contributed by atoms with Gasteiger partial charge in [-0.15, -0.1) is 0 Å². The summed E-state index contributed by atoms with van der Waals surface area (Å²) in [5.74, 6) is -1.43. The van der Waals surface area contributed by atoms with Crippen molar-refractivity contribution in [3.63, 3.8) is 0 Å². The van der Waals surface area contributed by atoms with Gasteiger partial charge in [0.2, 0.25) is 0 Å². The van der Waals surface area contributed by atoms with E-state index in [0.29, 0.717) is 23.4 Å². The van der Waals surface area contributed by atoms with Gasteiger partial charge in [0.1, 0.15) is 11.5 Å². The van der Waals surface area contributed by atoms with Gasteiger partial charge < -0.3 is 4.90 Å². The Bertz CT molecular complexity index is 1140. The van der Waals surface area contributed by atoms with Gasteiger partial charge in [0.05, 0.1) is 11.3 Å². The van der Waals surface area contributed by atoms with E-state index < -0.39 is 17.6 Å². The van der Waals surface area contributed by atoms with Gasteiger partial charge in [-0.05, 0) is 49.7 Å². The van der Waals surface area contributed by atoms with Gasteiger partial charge >= 0.3 is 0 Å². The summed E-state index contributed by atoms with van der Waals surface area (Å²) in [6, 6.07) is 22.5. The predicted molar refractivity (Wildman–Crippen MR) is 116 cm³/mol. The average Bonchev–Trinajstić information content (AvgIpc) is 3.00. The Labute approximate surface area is 174 Å². The van der Waals surface area contributed by atoms with E-state index in [4.69, 9.17) is 0 Å². The van der Waals surface area contributed by atoms with Gasteiger partial charge in [0, 0.05) is 12.2 Å². The predicted octanol–water partition coefficient (Wildman–Crippen LogP) is 4.95. The van der Waals surface area contributed by atoms with Gasteiger partial charge in [0.25, 0.3) is 11.8 Å². The van der Waals surface area contributed by atoms with Gasteiger partial charge in [0.15, 0.2) is 0 Å². The van der Waals surface area contributed by atoms with E-state index in [1.165, 1.54) is 18.2 Å². The summed E-state index contributed by atoms with van der Waals surface area (Å²) in [4.78, 5) is 29.9. The molecular weight excluding hydrogens is 379 g/mol. The zero-order valence-corrected chi connectivity index (χ0v) is 16.8. The lowest BCUT2D eigenvalue weighted by molar-refractivity contribution is -0.120. The molecule has 1 aliphatic heterocycles. The van der Waals surface area contributed by atoms with Crippen molar-refractivity contribution in [2.24, 2.45) is 0 Å². The SMILES string of the molecule is CCN(C1=C(c2ccc(C)cc2)C(=O)N(c2cccc(F)c2)C1=O)c1ccccc1. The molecule has 0 aliphatic carbocycles. The minimum Gasteiger partial charge on any atom is -0.337 e. The number of benzene rings is 3. The third-order valence-electron chi connectivity index (χ3n) is 5.12. The van der Waals surface area contributed by atoms with Crippen LogP contribution in [0.4, 0.5) is 15.8 Å². The summed E-state index contributed by atoms with van der Waals surface area (Å²) in [5, 5.41) is 0. The molecule has 0 radical (unpaired) electrons. The van der Waals surface area contributed by atoms with Crippen LogP contribution in [0.15, 0.2) is 84.6 Å². The van der Waals surface area contributed by atoms with Gasteiger partial charge in [-0.25, -0.2) is 9.29 Å². The van der Waals surface area contributed by atoms with E-state index >= 15 is 0 Å². The Morgan fingerprint density at radius 2 is 1.57 bits per heavy atom. The fraction of sp³-hybridized carbons (Fsp3) is 0.120. The summed E-state index contributed by atoms with van der Waals surface area (Å²) < 4.78 is 13.9. The first-order chi connectivity index (χ1) is 14.5. The van der Waals surface area contributed by atoms with Crippen molar-refractivity contribution in [3.8, 4) is 0 Å². The monoisotopic (exact) mass is 400 g/mol. The lowest BCUT2D eigenvalue weighted by Crippen LogP contribution is -2.35. The molecule has 0 saturated carbocycles. The maximum atomic E-state index is 13.9. The van der Waals surface area contributed by atoms with E-state index in [1.807, 2.05) is 73.3 Å². The Morgan fingerprint density at radius 3 is 2.20 bits per heavy atom. The second-order valence-electron chi connectivity index (χ2n) is 7.10. The smallest absolute Gasteiger partial charge is 0.282 e. The quantitative estimate of drug-likeness (QED) is 0.569. The van der Waals surface area contributed by atoms with Crippen molar-refractivity contribution in [2.45, 2.75) is 13.8 Å². The molecule has 2 amide bonds. The third-order valence-corrected chi connectivity index (χ3v) is 5.12. The highest BCUT2D eigenvalue weighted by atomic mass is 19.1. The van der Waals surface area contributed by atoms with E-state index in [0.717, 1.165) is 16.2 Å². The first-order valence-corrected chi connectivity index (χ1v) is 9.79. The van der Waals surface area contributed by atoms with Crippen molar-refractivity contribution in [1.29, 1.82) is 0 Å². The summed E-state index contributed by atoms with van der Waals surface area (Å²) in [6.45, 7) is 4.38. The molecular formula is C25H21FN2O2. The number of likely N-dealkylation sites (N-methyl/N-ethyl adjacent to an activating group) is 1. The molecule has 4 rings (SSSR count). The molecule has 0 saturated heterocycles. The van der Waals surface area contributed by atoms with Crippen LogP contribution >= 0.6 is 0 Å². The van der Waals surface area contributed by atoms with Crippen LogP contribution in [-0.4, -0.2) is 18.4 Å². The van der Waals surface area contributed by atoms with Crippen LogP contribution in [0.2, 0.25) is 0 Å². The Morgan fingerprint density at radius 1 is 0.867 bits per heavy atom. The average molecular weight is 400 g/mol. The number of halogens is 1. The fourth-order valence-electron chi connectivity index (χ4n) is 3.68. The molecule has 0 aromatic heterocycles. The number of amides is 2. The highest BCUT2D eigenvalue weighted by Gasteiger charge is 2.42. The number of imide groups is 1. The molecule has 4 nitrogen and oxygen atoms in total. The topological polar surface area (TPSA) is 40.6 Å². The third kappa shape index (κ3) is 3.39. The summed E-state index contributed by atoms with van der Waals surface area (Å²) >= 11 is 0. The molecule has 5 heteroatoms. The zero-order chi connectivity index (χ0) is 21.3. The number of hydrogen-bond acceptors (Lipinski definition) is 3. The molecule has 0 atom stereocenters. The molecule has 0 unspecified atom stereocenters. The molecule has 0 fully saturated rings. The fourth-order valence-corrected chi connectivity index (χ4v) is 3.68. The summed E-state index contributed by atoms with van der Waals surface area (Å²) in [7, 11) is 0. The van der Waals surface area contributed by atoms with Crippen LogP contribution in [0.1, 0.15) is 18.1 Å². The van der Waals surface area contributed by atoms with E-state index in [-0.39, 0.29) is 5.69 Å². The number of para-hydroxylation sites is 1. The van der Waals surface area contributed by atoms with E-state index in [1.54, 1.807) is 6.07 Å². The van der Waals surface area contributed by atoms with E-state index in [9.17, 15) is 14.0 Å². The number of anilines is 2. The van der Waals surface area contributed by atoms with Crippen molar-refractivity contribution in [1.82, 2.24) is 0 Å². The normalized spacial score (nSPS) is 13.9. The van der Waals surface area contributed by atoms with Crippen LogP contribution in [0.5, 0.6) is 0 Å². The first kappa shape index (κ1) is 19.6. The van der Waals surface area contributed by atoms with Crippen molar-refractivity contribution in [3.05, 3.63) is 102 Å². The van der Waals surface area contributed by atoms with Crippen LogP contribution < -0.4 is 9.80 Å². The molecule has 3 aromatic rings. The number of rotatable bonds is 5. The molecule has 30 heavy (non-hydrogen) atoms. The number of nitrogens with zero attached hydrogens (tertiary/aromatic N) is 2. The summed E-state index contributed by atoms with van der Waals surface area (Å²) in [5.41, 5.74) is 3.34. The van der Waals surface area contributed by atoms with Crippen LogP contribution in [0, 0.1) is 12.7 Å². The minimum atomic E-state index is -0.506. The first-order valence-electron chi connectivity index (χ1n) is 9.79. The van der Waals surface area contributed by atoms with Crippen molar-refractivity contribution < 1.29 is 14.0 Å². The largest absolute Gasteiger partial charge is 0.337 e. The Balaban J connectivity index is 1.91. The van der Waals surface area contributed by atoms with Gasteiger partial charge in [-0.1, -0.05) is 54.1 Å². The molecule has 150 valence electrons. The number of carbonyl (C=O) groups excluding carboxylic acids is 2. The van der Waals surface area contributed by atoms with Crippen LogP contribution in [0.3, 0.4) is 0 Å². The molecule has 0 N–H and O–H groups in total. The molecule has 1 aliphatic rings. The Hall–Kier alpha value is -3.73. The lowest BCUT2D eigenvalue weighted by Gasteiger charge is -2.25. The van der Waals surface area contributed by atoms with Crippen LogP contribution in [0.25, 0.3) is 5.57 Å². The standard InChI is InChI=1S/C25H21FN2O2/c1-3-27(20-9-5-4-6-10-20)23-22(18-14-12-17(2)13-15-18)24(29)28(25(23)30)21-11-7-8-19(26)16-21/h4-16H,3H2,1-2H3. The number of hydrogen-bond donors (Lipinski definition) is 0. The molecule has 3 aromatic carbocycles. The highest BCUT2D eigenvalue weighted by Crippen LogP contribution is 2.36. The maximum absolute atomic E-state index is 13.9. The molecule has 0 spiro atoms. The second-order valence-corrected chi connectivity index (χ2v) is 7.10. The van der Waals surface area contributed by atoms with Crippen LogP contribution in [-0.2, 0) is 9.59 Å². The maximum Gasteiger partial charge on any atom is 0.282 e. The molecule has 1 heterocycles.